The number of pyridine rings is 1. The van der Waals surface area contributed by atoms with Crippen molar-refractivity contribution in [2.24, 2.45) is 0 Å². The van der Waals surface area contributed by atoms with Gasteiger partial charge in [-0.05, 0) is 37.6 Å². The average molecular weight is 373 g/mol. The lowest BCUT2D eigenvalue weighted by atomic mass is 10.1. The van der Waals surface area contributed by atoms with E-state index in [4.69, 9.17) is 16.3 Å². The Kier molecular flexibility index (Phi) is 5.63. The summed E-state index contributed by atoms with van der Waals surface area (Å²) in [7, 11) is 0. The van der Waals surface area contributed by atoms with E-state index in [9.17, 15) is 22.8 Å². The van der Waals surface area contributed by atoms with E-state index in [0.29, 0.717) is 17.3 Å². The van der Waals surface area contributed by atoms with Gasteiger partial charge in [0.15, 0.2) is 24.1 Å². The molecule has 0 radical (unpaired) electrons. The second-order valence-corrected chi connectivity index (χ2v) is 5.45. The first kappa shape index (κ1) is 18.7. The summed E-state index contributed by atoms with van der Waals surface area (Å²) in [5, 5.41) is 1.90. The smallest absolute Gasteiger partial charge is 0.342 e. The highest BCUT2D eigenvalue weighted by atomic mass is 35.5. The highest BCUT2D eigenvalue weighted by Crippen LogP contribution is 2.21. The molecule has 132 valence electrons. The Hall–Kier alpha value is -2.61. The normalized spacial score (nSPS) is 10.5. The Morgan fingerprint density at radius 3 is 2.52 bits per heavy atom. The zero-order chi connectivity index (χ0) is 18.7. The molecule has 5 nitrogen and oxygen atoms in total. The van der Waals surface area contributed by atoms with Crippen LogP contribution in [-0.2, 0) is 9.53 Å². The van der Waals surface area contributed by atoms with Crippen molar-refractivity contribution < 1.29 is 27.5 Å². The number of aryl methyl sites for hydroxylation is 2. The van der Waals surface area contributed by atoms with Gasteiger partial charge in [-0.1, -0.05) is 11.6 Å². The molecule has 1 N–H and O–H groups in total. The van der Waals surface area contributed by atoms with Crippen molar-refractivity contribution in [2.75, 3.05) is 11.9 Å². The number of benzene rings is 1. The van der Waals surface area contributed by atoms with Crippen LogP contribution in [0.25, 0.3) is 0 Å². The number of hydrogen-bond donors (Lipinski definition) is 1. The van der Waals surface area contributed by atoms with E-state index in [0.717, 1.165) is 6.07 Å². The molecule has 0 aliphatic carbocycles. The number of carbonyl (C=O) groups is 2. The van der Waals surface area contributed by atoms with Gasteiger partial charge in [-0.15, -0.1) is 0 Å². The van der Waals surface area contributed by atoms with Gasteiger partial charge in [0.1, 0.15) is 5.15 Å². The number of anilines is 1. The minimum absolute atomic E-state index is 0.000858. The summed E-state index contributed by atoms with van der Waals surface area (Å²) >= 11 is 5.89. The molecular weight excluding hydrogens is 361 g/mol. The summed E-state index contributed by atoms with van der Waals surface area (Å²) in [6.45, 7) is 2.53. The molecule has 1 amide bonds. The van der Waals surface area contributed by atoms with Crippen molar-refractivity contribution in [3.63, 3.8) is 0 Å². The van der Waals surface area contributed by atoms with Gasteiger partial charge in [-0.25, -0.2) is 22.9 Å². The lowest BCUT2D eigenvalue weighted by Crippen LogP contribution is -2.22. The fraction of sp³-hybridized carbons (Fsp3) is 0.188. The molecule has 1 aromatic carbocycles. The monoisotopic (exact) mass is 372 g/mol. The van der Waals surface area contributed by atoms with Crippen LogP contribution >= 0.6 is 11.6 Å². The molecule has 0 saturated carbocycles. The number of aromatic nitrogens is 1. The Morgan fingerprint density at radius 2 is 1.88 bits per heavy atom. The molecular formula is C16H12ClF3N2O3. The van der Waals surface area contributed by atoms with Gasteiger partial charge in [-0.2, -0.15) is 0 Å². The van der Waals surface area contributed by atoms with Crippen molar-refractivity contribution in [1.82, 2.24) is 4.98 Å². The summed E-state index contributed by atoms with van der Waals surface area (Å²) in [5.74, 6) is -6.49. The lowest BCUT2D eigenvalue weighted by molar-refractivity contribution is -0.119. The van der Waals surface area contributed by atoms with Gasteiger partial charge < -0.3 is 10.1 Å². The first-order valence-corrected chi connectivity index (χ1v) is 7.32. The Bertz CT molecular complexity index is 836. The number of rotatable bonds is 4. The number of esters is 1. The fourth-order valence-electron chi connectivity index (χ4n) is 2.05. The van der Waals surface area contributed by atoms with Crippen LogP contribution in [0, 0.1) is 31.3 Å². The number of carbonyl (C=O) groups excluding carboxylic acids is 2. The molecule has 25 heavy (non-hydrogen) atoms. The van der Waals surface area contributed by atoms with Crippen LogP contribution < -0.4 is 5.32 Å². The van der Waals surface area contributed by atoms with E-state index in [1.807, 2.05) is 5.32 Å². The number of ether oxygens (including phenoxy) is 1. The second kappa shape index (κ2) is 7.52. The first-order valence-electron chi connectivity index (χ1n) is 6.95. The molecule has 0 aliphatic heterocycles. The number of halogens is 4. The molecule has 0 aliphatic rings. The van der Waals surface area contributed by atoms with E-state index in [-0.39, 0.29) is 10.7 Å². The van der Waals surface area contributed by atoms with Crippen molar-refractivity contribution in [3.05, 3.63) is 57.6 Å². The van der Waals surface area contributed by atoms with E-state index in [1.165, 1.54) is 0 Å². The SMILES string of the molecule is Cc1cc(C)c(C(=O)OCC(=O)Nc2ccc(F)c(F)c2F)c(Cl)n1. The number of nitrogens with one attached hydrogen (secondary N) is 1. The molecule has 0 fully saturated rings. The van der Waals surface area contributed by atoms with Gasteiger partial charge in [0.2, 0.25) is 0 Å². The standard InChI is InChI=1S/C16H12ClF3N2O3/c1-7-5-8(2)21-15(17)12(7)16(24)25-6-11(23)22-10-4-3-9(18)13(19)14(10)20/h3-5H,6H2,1-2H3,(H,22,23). The van der Waals surface area contributed by atoms with Crippen LogP contribution in [0.5, 0.6) is 0 Å². The summed E-state index contributed by atoms with van der Waals surface area (Å²) in [5.41, 5.74) is 0.533. The zero-order valence-electron chi connectivity index (χ0n) is 13.1. The van der Waals surface area contributed by atoms with E-state index in [1.54, 1.807) is 19.9 Å². The topological polar surface area (TPSA) is 68.3 Å². The molecule has 0 atom stereocenters. The van der Waals surface area contributed by atoms with Crippen LogP contribution in [0.4, 0.5) is 18.9 Å². The minimum atomic E-state index is -1.72. The number of hydrogen-bond acceptors (Lipinski definition) is 4. The zero-order valence-corrected chi connectivity index (χ0v) is 13.9. The summed E-state index contributed by atoms with van der Waals surface area (Å²) in [6, 6.07) is 3.11. The predicted octanol–water partition coefficient (Wildman–Crippen LogP) is 3.56. The Labute approximate surface area is 145 Å². The summed E-state index contributed by atoms with van der Waals surface area (Å²) < 4.78 is 44.2. The van der Waals surface area contributed by atoms with Gasteiger partial charge in [0.25, 0.3) is 5.91 Å². The van der Waals surface area contributed by atoms with Crippen LogP contribution in [0.3, 0.4) is 0 Å². The maximum atomic E-state index is 13.5. The number of nitrogens with zero attached hydrogens (tertiary/aromatic N) is 1. The Morgan fingerprint density at radius 1 is 1.20 bits per heavy atom. The third-order valence-electron chi connectivity index (χ3n) is 3.15. The highest BCUT2D eigenvalue weighted by molar-refractivity contribution is 6.32. The fourth-order valence-corrected chi connectivity index (χ4v) is 2.41. The summed E-state index contributed by atoms with van der Waals surface area (Å²) in [4.78, 5) is 27.6. The third-order valence-corrected chi connectivity index (χ3v) is 3.42. The van der Waals surface area contributed by atoms with Crippen LogP contribution in [0.1, 0.15) is 21.6 Å². The molecule has 1 heterocycles. The molecule has 0 saturated heterocycles. The average Bonchev–Trinajstić information content (AvgIpc) is 2.52. The molecule has 2 aromatic rings. The Balaban J connectivity index is 2.03. The maximum Gasteiger partial charge on any atom is 0.342 e. The van der Waals surface area contributed by atoms with Crippen LogP contribution in [0.15, 0.2) is 18.2 Å². The first-order chi connectivity index (χ1) is 11.7. The van der Waals surface area contributed by atoms with Crippen LogP contribution in [-0.4, -0.2) is 23.5 Å². The quantitative estimate of drug-likeness (QED) is 0.506. The maximum absolute atomic E-state index is 13.5. The third kappa shape index (κ3) is 4.27. The predicted molar refractivity (Wildman–Crippen MR) is 83.9 cm³/mol. The van der Waals surface area contributed by atoms with Crippen molar-refractivity contribution in [1.29, 1.82) is 0 Å². The van der Waals surface area contributed by atoms with Gasteiger partial charge in [-0.3, -0.25) is 4.79 Å². The van der Waals surface area contributed by atoms with E-state index in [2.05, 4.69) is 4.98 Å². The molecule has 0 unspecified atom stereocenters. The minimum Gasteiger partial charge on any atom is -0.452 e. The molecule has 0 bridgehead atoms. The van der Waals surface area contributed by atoms with Gasteiger partial charge in [0.05, 0.1) is 11.3 Å². The summed E-state index contributed by atoms with van der Waals surface area (Å²) in [6.07, 6.45) is 0. The molecule has 2 rings (SSSR count). The van der Waals surface area contributed by atoms with Gasteiger partial charge >= 0.3 is 5.97 Å². The van der Waals surface area contributed by atoms with E-state index >= 15 is 0 Å². The number of amides is 1. The molecule has 1 aromatic heterocycles. The highest BCUT2D eigenvalue weighted by Gasteiger charge is 2.19. The van der Waals surface area contributed by atoms with E-state index < -0.39 is 41.6 Å². The van der Waals surface area contributed by atoms with Crippen molar-refractivity contribution >= 4 is 29.2 Å². The van der Waals surface area contributed by atoms with Crippen molar-refractivity contribution in [3.8, 4) is 0 Å². The lowest BCUT2D eigenvalue weighted by Gasteiger charge is -2.10. The van der Waals surface area contributed by atoms with Gasteiger partial charge in [0, 0.05) is 5.69 Å². The largest absolute Gasteiger partial charge is 0.452 e. The second-order valence-electron chi connectivity index (χ2n) is 5.09. The van der Waals surface area contributed by atoms with Crippen molar-refractivity contribution in [2.45, 2.75) is 13.8 Å². The molecule has 0 spiro atoms. The van der Waals surface area contributed by atoms with Crippen LogP contribution in [0.2, 0.25) is 5.15 Å². The molecule has 9 heteroatoms.